The summed E-state index contributed by atoms with van der Waals surface area (Å²) in [5.41, 5.74) is -1.03. The van der Waals surface area contributed by atoms with Gasteiger partial charge in [-0.1, -0.05) is 32.9 Å². The number of oxime groups is 1. The summed E-state index contributed by atoms with van der Waals surface area (Å²) in [5, 5.41) is 4.64. The third kappa shape index (κ3) is 5.02. The highest BCUT2D eigenvalue weighted by molar-refractivity contribution is 7.48. The number of phosphoric ester groups is 1. The molecule has 0 amide bonds. The third-order valence-electron chi connectivity index (χ3n) is 15.0. The first-order valence-corrected chi connectivity index (χ1v) is 20.3. The van der Waals surface area contributed by atoms with Gasteiger partial charge < -0.3 is 9.47 Å². The lowest BCUT2D eigenvalue weighted by Gasteiger charge is -2.62. The highest BCUT2D eigenvalue weighted by Crippen LogP contribution is 2.64. The lowest BCUT2D eigenvalue weighted by molar-refractivity contribution is -0.487. The molecule has 16 atom stereocenters. The molecule has 0 N–H and O–H groups in total. The van der Waals surface area contributed by atoms with Crippen molar-refractivity contribution in [2.45, 2.75) is 159 Å². The van der Waals surface area contributed by atoms with Crippen LogP contribution in [-0.2, 0) is 47.3 Å². The van der Waals surface area contributed by atoms with Gasteiger partial charge in [0.05, 0.1) is 24.0 Å². The minimum Gasteiger partial charge on any atom is -0.371 e. The van der Waals surface area contributed by atoms with E-state index in [0.29, 0.717) is 35.8 Å². The molecule has 0 aromatic carbocycles. The molecule has 272 valence electrons. The van der Waals surface area contributed by atoms with E-state index in [1.165, 1.54) is 20.6 Å². The quantitative estimate of drug-likeness (QED) is 0.114. The third-order valence-corrected chi connectivity index (χ3v) is 16.1. The number of nitrogens with zero attached hydrogens (tertiary/aromatic N) is 1. The molecule has 10 aliphatic rings. The summed E-state index contributed by atoms with van der Waals surface area (Å²) < 4.78 is 43.6. The molecule has 0 aromatic rings. The van der Waals surface area contributed by atoms with Crippen LogP contribution in [0.1, 0.15) is 112 Å². The van der Waals surface area contributed by atoms with Crippen molar-refractivity contribution in [3.05, 3.63) is 0 Å². The largest absolute Gasteiger partial charge is 0.549 e. The van der Waals surface area contributed by atoms with E-state index in [-0.39, 0.29) is 53.7 Å². The molecule has 10 rings (SSSR count). The van der Waals surface area contributed by atoms with Crippen molar-refractivity contribution in [1.82, 2.24) is 0 Å². The first-order chi connectivity index (χ1) is 22.8. The second kappa shape index (κ2) is 12.0. The van der Waals surface area contributed by atoms with Crippen molar-refractivity contribution >= 4 is 13.5 Å². The SMILES string of the molecule is COP(=O)(OC)O/N=C(/C[C@H]1O[C@@H]2C[C@]3(C)CC[C@H]4[C@H](C)CC[C@@H]([C@H]1C)[C@@]24OO3)[C@H]1O[C@@H]2C[C@]3(C)CC[C@H]4[C@H](C)CC[C@@H]([C@H]1C)[C@@]24OO3. The van der Waals surface area contributed by atoms with Gasteiger partial charge >= 0.3 is 7.82 Å². The van der Waals surface area contributed by atoms with Crippen molar-refractivity contribution in [3.63, 3.8) is 0 Å². The Morgan fingerprint density at radius 1 is 0.708 bits per heavy atom. The number of ether oxygens (including phenoxy) is 2. The fourth-order valence-electron chi connectivity index (χ4n) is 12.3. The maximum atomic E-state index is 13.2. The Balaban J connectivity index is 1.14. The minimum atomic E-state index is -3.90. The molecule has 4 bridgehead atoms. The molecule has 4 aliphatic carbocycles. The smallest absolute Gasteiger partial charge is 0.371 e. The Bertz CT molecular complexity index is 1330. The molecule has 4 saturated carbocycles. The second-order valence-corrected chi connectivity index (χ2v) is 19.4. The van der Waals surface area contributed by atoms with Crippen LogP contribution in [0.4, 0.5) is 0 Å². The zero-order valence-electron chi connectivity index (χ0n) is 30.2. The van der Waals surface area contributed by atoms with Crippen LogP contribution in [-0.4, -0.2) is 66.8 Å². The molecule has 6 aliphatic heterocycles. The molecular weight excluding hydrogens is 637 g/mol. The summed E-state index contributed by atoms with van der Waals surface area (Å²) in [4.78, 5) is 25.6. The van der Waals surface area contributed by atoms with Crippen molar-refractivity contribution in [2.75, 3.05) is 14.2 Å². The molecule has 0 radical (unpaired) electrons. The van der Waals surface area contributed by atoms with Crippen molar-refractivity contribution in [1.29, 1.82) is 0 Å². The van der Waals surface area contributed by atoms with E-state index < -0.39 is 24.6 Å². The van der Waals surface area contributed by atoms with Gasteiger partial charge in [-0.3, -0.25) is 13.7 Å². The first kappa shape index (κ1) is 34.5. The highest BCUT2D eigenvalue weighted by Gasteiger charge is 2.70. The van der Waals surface area contributed by atoms with E-state index in [1.54, 1.807) is 0 Å². The number of rotatable bonds is 7. The molecule has 0 unspecified atom stereocenters. The Labute approximate surface area is 286 Å². The Morgan fingerprint density at radius 2 is 1.23 bits per heavy atom. The fourth-order valence-corrected chi connectivity index (χ4v) is 12.8. The maximum Gasteiger partial charge on any atom is 0.549 e. The van der Waals surface area contributed by atoms with Crippen LogP contribution in [0.25, 0.3) is 0 Å². The average molecular weight is 696 g/mol. The molecule has 12 heteroatoms. The van der Waals surface area contributed by atoms with E-state index in [9.17, 15) is 4.57 Å². The van der Waals surface area contributed by atoms with Gasteiger partial charge in [0, 0.05) is 33.5 Å². The van der Waals surface area contributed by atoms with E-state index in [1.807, 2.05) is 0 Å². The van der Waals surface area contributed by atoms with Gasteiger partial charge in [0.2, 0.25) is 0 Å². The Kier molecular flexibility index (Phi) is 8.58. The predicted octanol–water partition coefficient (Wildman–Crippen LogP) is 7.57. The molecule has 11 nitrogen and oxygen atoms in total. The van der Waals surface area contributed by atoms with Crippen LogP contribution >= 0.6 is 7.82 Å². The normalized spacial score (nSPS) is 54.5. The van der Waals surface area contributed by atoms with E-state index >= 15 is 0 Å². The zero-order chi connectivity index (χ0) is 33.9. The van der Waals surface area contributed by atoms with Crippen LogP contribution in [0.5, 0.6) is 0 Å². The van der Waals surface area contributed by atoms with E-state index in [0.717, 1.165) is 57.8 Å². The molecule has 48 heavy (non-hydrogen) atoms. The molecule has 6 heterocycles. The van der Waals surface area contributed by atoms with Crippen LogP contribution in [0, 0.1) is 47.3 Å². The minimum absolute atomic E-state index is 0.0452. The molecule has 2 spiro atoms. The number of hydrogen-bond donors (Lipinski definition) is 0. The molecule has 6 saturated heterocycles. The van der Waals surface area contributed by atoms with Gasteiger partial charge in [-0.15, -0.1) is 0 Å². The Morgan fingerprint density at radius 3 is 1.77 bits per heavy atom. The van der Waals surface area contributed by atoms with Gasteiger partial charge in [-0.2, -0.15) is 0 Å². The van der Waals surface area contributed by atoms with Crippen LogP contribution in [0.2, 0.25) is 0 Å². The van der Waals surface area contributed by atoms with Gasteiger partial charge in [-0.05, 0) is 113 Å². The zero-order valence-corrected chi connectivity index (χ0v) is 31.1. The van der Waals surface area contributed by atoms with Gasteiger partial charge in [0.25, 0.3) is 0 Å². The van der Waals surface area contributed by atoms with Gasteiger partial charge in [0.1, 0.15) is 28.5 Å². The Hall–Kier alpha value is -0.620. The molecule has 0 aromatic heterocycles. The first-order valence-electron chi connectivity index (χ1n) is 18.8. The van der Waals surface area contributed by atoms with Crippen LogP contribution in [0.3, 0.4) is 0 Å². The summed E-state index contributed by atoms with van der Waals surface area (Å²) in [5.74, 6) is 2.55. The topological polar surface area (TPSA) is 113 Å². The predicted molar refractivity (Wildman–Crippen MR) is 175 cm³/mol. The maximum absolute atomic E-state index is 13.2. The van der Waals surface area contributed by atoms with Gasteiger partial charge in [0.15, 0.2) is 0 Å². The van der Waals surface area contributed by atoms with Gasteiger partial charge in [-0.25, -0.2) is 24.1 Å². The lowest BCUT2D eigenvalue weighted by atomic mass is 9.55. The number of phosphoric acid groups is 1. The van der Waals surface area contributed by atoms with Crippen molar-refractivity contribution < 1.29 is 47.3 Å². The van der Waals surface area contributed by atoms with E-state index in [2.05, 4.69) is 46.7 Å². The number of fused-ring (bicyclic) bond motifs is 4. The fraction of sp³-hybridized carbons (Fsp3) is 0.972. The summed E-state index contributed by atoms with van der Waals surface area (Å²) in [6.07, 6.45) is 9.75. The van der Waals surface area contributed by atoms with Crippen molar-refractivity contribution in [3.8, 4) is 0 Å². The summed E-state index contributed by atoms with van der Waals surface area (Å²) in [7, 11) is -1.28. The highest BCUT2D eigenvalue weighted by atomic mass is 31.2. The monoisotopic (exact) mass is 695 g/mol. The average Bonchev–Trinajstić information content (AvgIpc) is 3.44. The second-order valence-electron chi connectivity index (χ2n) is 17.6. The van der Waals surface area contributed by atoms with E-state index in [4.69, 9.17) is 42.7 Å². The molecule has 10 fully saturated rings. The van der Waals surface area contributed by atoms with Crippen LogP contribution < -0.4 is 0 Å². The summed E-state index contributed by atoms with van der Waals surface area (Å²) in [6, 6.07) is 0. The lowest BCUT2D eigenvalue weighted by Crippen LogP contribution is -2.71. The molecular formula is C36H58NO10P. The summed E-state index contributed by atoms with van der Waals surface area (Å²) in [6.45, 7) is 13.6. The standard InChI is InChI=1S/C36H58NO10P/c1-20-9-11-26-22(3)29(41-30-18-33(5)15-13-24(20)35(26,30)45-43-33)17-28(37-47-48(38,39-7)40-8)32-23(4)27-12-10-21(2)25-14-16-34(6)19-31(42-32)36(25,27)46-44-34/h20-27,29-32H,9-19H2,1-8H3/b37-28-/t20-,21-,22-,23-,24+,25+,26+,27+,29-,30-,31-,32+,33+,34+,35-,36-/m1/s1. The van der Waals surface area contributed by atoms with Crippen LogP contribution in [0.15, 0.2) is 5.16 Å². The summed E-state index contributed by atoms with van der Waals surface area (Å²) >= 11 is 0. The number of hydrogen-bond acceptors (Lipinski definition) is 11. The van der Waals surface area contributed by atoms with Crippen molar-refractivity contribution in [2.24, 2.45) is 52.5 Å².